The lowest BCUT2D eigenvalue weighted by Gasteiger charge is -2.30. The molecule has 5 rings (SSSR count). The minimum Gasteiger partial charge on any atom is -0.458 e. The summed E-state index contributed by atoms with van der Waals surface area (Å²) in [6, 6.07) is 0. The first-order valence-electron chi connectivity index (χ1n) is 7.19. The summed E-state index contributed by atoms with van der Waals surface area (Å²) >= 11 is 0. The molecule has 4 nitrogen and oxygen atoms in total. The van der Waals surface area contributed by atoms with E-state index < -0.39 is 0 Å². The van der Waals surface area contributed by atoms with Crippen molar-refractivity contribution >= 4 is 5.97 Å². The van der Waals surface area contributed by atoms with Gasteiger partial charge in [0.25, 0.3) is 0 Å². The second-order valence-electron chi connectivity index (χ2n) is 7.23. The van der Waals surface area contributed by atoms with Crippen LogP contribution in [0, 0.1) is 11.8 Å². The standard InChI is InChI=1S/C15H18O4/c1-7-8-4-5-13(2)15(19-13)6-9-14(3,18-9)11(15)10(8)17-12(7)16/h8-11H,1,4-6H2,2-3H3/t8-,9+,10-,11-,13+,14+,15-/m0/s1. The van der Waals surface area contributed by atoms with Crippen LogP contribution in [0.3, 0.4) is 0 Å². The fourth-order valence-electron chi connectivity index (χ4n) is 5.24. The van der Waals surface area contributed by atoms with Crippen LogP contribution in [0.4, 0.5) is 0 Å². The Morgan fingerprint density at radius 2 is 2.16 bits per heavy atom. The molecule has 3 saturated heterocycles. The third-order valence-corrected chi connectivity index (χ3v) is 6.46. The molecule has 0 radical (unpaired) electrons. The van der Waals surface area contributed by atoms with E-state index in [1.165, 1.54) is 0 Å². The van der Waals surface area contributed by atoms with Gasteiger partial charge in [-0.2, -0.15) is 0 Å². The van der Waals surface area contributed by atoms with E-state index in [-0.39, 0.29) is 46.8 Å². The third-order valence-electron chi connectivity index (χ3n) is 6.46. The summed E-state index contributed by atoms with van der Waals surface area (Å²) in [4.78, 5) is 11.9. The van der Waals surface area contributed by atoms with Crippen molar-refractivity contribution in [3.05, 3.63) is 12.2 Å². The van der Waals surface area contributed by atoms with Gasteiger partial charge >= 0.3 is 5.97 Å². The van der Waals surface area contributed by atoms with Crippen molar-refractivity contribution in [1.82, 2.24) is 0 Å². The van der Waals surface area contributed by atoms with Gasteiger partial charge < -0.3 is 14.2 Å². The fourth-order valence-corrected chi connectivity index (χ4v) is 5.24. The van der Waals surface area contributed by atoms with Gasteiger partial charge in [-0.3, -0.25) is 0 Å². The molecule has 0 N–H and O–H groups in total. The molecular formula is C15H18O4. The van der Waals surface area contributed by atoms with E-state index in [4.69, 9.17) is 14.2 Å². The number of ether oxygens (including phenoxy) is 3. The smallest absolute Gasteiger partial charge is 0.334 e. The Bertz CT molecular complexity index is 542. The van der Waals surface area contributed by atoms with Crippen LogP contribution >= 0.6 is 0 Å². The average molecular weight is 262 g/mol. The van der Waals surface area contributed by atoms with E-state index in [0.29, 0.717) is 5.57 Å². The first kappa shape index (κ1) is 10.9. The van der Waals surface area contributed by atoms with E-state index in [1.54, 1.807) is 0 Å². The van der Waals surface area contributed by atoms with Gasteiger partial charge in [-0.25, -0.2) is 4.79 Å². The Morgan fingerprint density at radius 1 is 1.37 bits per heavy atom. The minimum atomic E-state index is -0.220. The van der Waals surface area contributed by atoms with Crippen LogP contribution < -0.4 is 0 Å². The average Bonchev–Trinajstić information content (AvgIpc) is 3.07. The first-order chi connectivity index (χ1) is 8.91. The van der Waals surface area contributed by atoms with Crippen LogP contribution in [0.15, 0.2) is 12.2 Å². The summed E-state index contributed by atoms with van der Waals surface area (Å²) in [6.07, 6.45) is 3.07. The summed E-state index contributed by atoms with van der Waals surface area (Å²) in [7, 11) is 0. The number of rotatable bonds is 0. The quantitative estimate of drug-likeness (QED) is 0.378. The molecule has 1 spiro atoms. The predicted octanol–water partition coefficient (Wildman–Crippen LogP) is 1.58. The topological polar surface area (TPSA) is 51.4 Å². The largest absolute Gasteiger partial charge is 0.458 e. The van der Waals surface area contributed by atoms with Crippen LogP contribution in [0.25, 0.3) is 0 Å². The van der Waals surface area contributed by atoms with E-state index in [2.05, 4.69) is 20.4 Å². The summed E-state index contributed by atoms with van der Waals surface area (Å²) < 4.78 is 17.8. The second kappa shape index (κ2) is 2.63. The van der Waals surface area contributed by atoms with Crippen molar-refractivity contribution in [3.63, 3.8) is 0 Å². The van der Waals surface area contributed by atoms with Crippen LogP contribution in [0.5, 0.6) is 0 Å². The Kier molecular flexibility index (Phi) is 1.51. The molecule has 2 aliphatic carbocycles. The van der Waals surface area contributed by atoms with Crippen molar-refractivity contribution in [1.29, 1.82) is 0 Å². The normalized spacial score (nSPS) is 64.5. The Hall–Kier alpha value is -0.870. The molecule has 5 aliphatic rings. The number of epoxide rings is 2. The lowest BCUT2D eigenvalue weighted by molar-refractivity contribution is -0.144. The Labute approximate surface area is 112 Å². The van der Waals surface area contributed by atoms with Crippen LogP contribution in [-0.2, 0) is 19.0 Å². The Balaban J connectivity index is 1.65. The first-order valence-corrected chi connectivity index (χ1v) is 7.19. The number of esters is 1. The lowest BCUT2D eigenvalue weighted by Crippen LogP contribution is -2.43. The van der Waals surface area contributed by atoms with Crippen LogP contribution in [0.1, 0.15) is 33.1 Å². The summed E-state index contributed by atoms with van der Waals surface area (Å²) in [6.45, 7) is 8.30. The van der Waals surface area contributed by atoms with Gasteiger partial charge in [0.15, 0.2) is 0 Å². The molecule has 3 aliphatic heterocycles. The number of hydrogen-bond donors (Lipinski definition) is 0. The molecule has 3 heterocycles. The molecule has 0 bridgehead atoms. The zero-order chi connectivity index (χ0) is 13.2. The molecule has 102 valence electrons. The monoisotopic (exact) mass is 262 g/mol. The summed E-state index contributed by atoms with van der Waals surface area (Å²) in [5.41, 5.74) is 0.331. The van der Waals surface area contributed by atoms with Gasteiger partial charge in [0.2, 0.25) is 0 Å². The molecule has 0 unspecified atom stereocenters. The zero-order valence-corrected chi connectivity index (χ0v) is 11.3. The maximum absolute atomic E-state index is 11.9. The molecule has 0 amide bonds. The molecule has 5 fully saturated rings. The van der Waals surface area contributed by atoms with Crippen molar-refractivity contribution in [3.8, 4) is 0 Å². The molecule has 0 aromatic heterocycles. The second-order valence-corrected chi connectivity index (χ2v) is 7.23. The summed E-state index contributed by atoms with van der Waals surface area (Å²) in [5.74, 6) is 0.107. The van der Waals surface area contributed by atoms with Crippen LogP contribution in [0.2, 0.25) is 0 Å². The number of carbonyl (C=O) groups is 1. The van der Waals surface area contributed by atoms with Crippen molar-refractivity contribution in [2.24, 2.45) is 11.8 Å². The van der Waals surface area contributed by atoms with Crippen molar-refractivity contribution in [2.45, 2.75) is 62.1 Å². The zero-order valence-electron chi connectivity index (χ0n) is 11.3. The van der Waals surface area contributed by atoms with E-state index in [1.807, 2.05) is 0 Å². The predicted molar refractivity (Wildman–Crippen MR) is 65.4 cm³/mol. The van der Waals surface area contributed by atoms with E-state index >= 15 is 0 Å². The highest BCUT2D eigenvalue weighted by Crippen LogP contribution is 2.75. The number of carbonyl (C=O) groups excluding carboxylic acids is 1. The van der Waals surface area contributed by atoms with Crippen molar-refractivity contribution < 1.29 is 19.0 Å². The maximum atomic E-state index is 11.9. The number of hydrogen-bond acceptors (Lipinski definition) is 4. The van der Waals surface area contributed by atoms with E-state index in [9.17, 15) is 4.79 Å². The maximum Gasteiger partial charge on any atom is 0.334 e. The molecule has 7 atom stereocenters. The van der Waals surface area contributed by atoms with Gasteiger partial charge in [-0.05, 0) is 26.7 Å². The highest BCUT2D eigenvalue weighted by molar-refractivity contribution is 5.91. The SMILES string of the molecule is C=C1C(=O)O[C@H]2[C@H]1CC[C@@]1(C)O[C@]13C[C@H]1O[C@@]1(C)[C@H]23. The fraction of sp³-hybridized carbons (Fsp3) is 0.800. The van der Waals surface area contributed by atoms with E-state index in [0.717, 1.165) is 19.3 Å². The van der Waals surface area contributed by atoms with Gasteiger partial charge in [-0.15, -0.1) is 0 Å². The van der Waals surface area contributed by atoms with Gasteiger partial charge in [-0.1, -0.05) is 6.58 Å². The van der Waals surface area contributed by atoms with Gasteiger partial charge in [0.1, 0.15) is 17.3 Å². The molecule has 2 saturated carbocycles. The minimum absolute atomic E-state index is 0.0471. The number of fused-ring (bicyclic) bond motifs is 4. The highest BCUT2D eigenvalue weighted by atomic mass is 16.7. The highest BCUT2D eigenvalue weighted by Gasteiger charge is 2.87. The molecule has 4 heteroatoms. The molecular weight excluding hydrogens is 244 g/mol. The molecule has 19 heavy (non-hydrogen) atoms. The Morgan fingerprint density at radius 3 is 2.95 bits per heavy atom. The van der Waals surface area contributed by atoms with Gasteiger partial charge in [0, 0.05) is 17.9 Å². The van der Waals surface area contributed by atoms with Crippen LogP contribution in [-0.4, -0.2) is 35.0 Å². The van der Waals surface area contributed by atoms with Gasteiger partial charge in [0.05, 0.1) is 17.6 Å². The van der Waals surface area contributed by atoms with Crippen molar-refractivity contribution in [2.75, 3.05) is 0 Å². The lowest BCUT2D eigenvalue weighted by atomic mass is 9.76. The molecule has 0 aromatic carbocycles. The molecule has 0 aromatic rings. The summed E-state index contributed by atoms with van der Waals surface area (Å²) in [5, 5.41) is 0. The third kappa shape index (κ3) is 0.953.